The largest absolute Gasteiger partial charge is 0.480 e. The number of rotatable bonds is 8. The summed E-state index contributed by atoms with van der Waals surface area (Å²) < 4.78 is 5.03. The number of nitrogens with one attached hydrogen (secondary N) is 2. The lowest BCUT2D eigenvalue weighted by Gasteiger charge is -2.18. The fourth-order valence-electron chi connectivity index (χ4n) is 2.40. The number of carbonyl (C=O) groups is 3. The summed E-state index contributed by atoms with van der Waals surface area (Å²) in [6.07, 6.45) is 3.02. The summed E-state index contributed by atoms with van der Waals surface area (Å²) in [7, 11) is 0. The summed E-state index contributed by atoms with van der Waals surface area (Å²) in [5.74, 6) is -2.42. The molecule has 28 heavy (non-hydrogen) atoms. The maximum absolute atomic E-state index is 12.7. The van der Waals surface area contributed by atoms with Crippen molar-refractivity contribution in [3.63, 3.8) is 0 Å². The Balaban J connectivity index is 2.28. The second-order valence-electron chi connectivity index (χ2n) is 6.53. The van der Waals surface area contributed by atoms with Crippen molar-refractivity contribution < 1.29 is 23.9 Å². The number of furan rings is 1. The molecule has 1 aromatic carbocycles. The Morgan fingerprint density at radius 1 is 1.18 bits per heavy atom. The topological polar surface area (TPSA) is 109 Å². The van der Waals surface area contributed by atoms with Gasteiger partial charge in [0.15, 0.2) is 5.76 Å². The van der Waals surface area contributed by atoms with Crippen molar-refractivity contribution in [2.24, 2.45) is 5.92 Å². The van der Waals surface area contributed by atoms with Crippen LogP contribution < -0.4 is 10.6 Å². The van der Waals surface area contributed by atoms with E-state index in [9.17, 15) is 19.5 Å². The highest BCUT2D eigenvalue weighted by Crippen LogP contribution is 2.13. The highest BCUT2D eigenvalue weighted by atomic mass is 35.5. The van der Waals surface area contributed by atoms with E-state index in [0.29, 0.717) is 10.6 Å². The van der Waals surface area contributed by atoms with E-state index in [4.69, 9.17) is 16.0 Å². The van der Waals surface area contributed by atoms with Crippen LogP contribution in [0.4, 0.5) is 0 Å². The van der Waals surface area contributed by atoms with E-state index >= 15 is 0 Å². The van der Waals surface area contributed by atoms with E-state index in [0.717, 1.165) is 0 Å². The summed E-state index contributed by atoms with van der Waals surface area (Å²) >= 11 is 5.87. The average molecular weight is 405 g/mol. The van der Waals surface area contributed by atoms with Crippen LogP contribution in [-0.4, -0.2) is 28.9 Å². The Bertz CT molecular complexity index is 857. The van der Waals surface area contributed by atoms with E-state index < -0.39 is 23.8 Å². The van der Waals surface area contributed by atoms with Gasteiger partial charge in [0.2, 0.25) is 0 Å². The van der Waals surface area contributed by atoms with Crippen LogP contribution in [0.1, 0.15) is 36.4 Å². The van der Waals surface area contributed by atoms with Crippen molar-refractivity contribution in [3.8, 4) is 0 Å². The molecule has 0 fully saturated rings. The van der Waals surface area contributed by atoms with Gasteiger partial charge in [-0.15, -0.1) is 0 Å². The molecule has 0 unspecified atom stereocenters. The fraction of sp³-hybridized carbons (Fsp3) is 0.250. The van der Waals surface area contributed by atoms with Gasteiger partial charge in [0, 0.05) is 5.02 Å². The standard InChI is InChI=1S/C20H21ClN2O5/c1-12(2)10-16(20(26)27)23-18(24)15(11-13-5-7-14(21)8-6-13)22-19(25)17-4-3-9-28-17/h3-9,11-12,16H,10H2,1-2H3,(H,22,25)(H,23,24)(H,26,27)/b15-11-/t16-/m1/s1. The molecule has 0 aliphatic heterocycles. The minimum atomic E-state index is -1.15. The molecule has 1 aromatic heterocycles. The van der Waals surface area contributed by atoms with Crippen molar-refractivity contribution in [2.75, 3.05) is 0 Å². The van der Waals surface area contributed by atoms with E-state index in [1.54, 1.807) is 30.3 Å². The van der Waals surface area contributed by atoms with Gasteiger partial charge < -0.3 is 20.2 Å². The molecule has 2 amide bonds. The lowest BCUT2D eigenvalue weighted by Crippen LogP contribution is -2.44. The second kappa shape index (κ2) is 9.75. The molecule has 3 N–H and O–H groups in total. The van der Waals surface area contributed by atoms with Crippen LogP contribution in [0.2, 0.25) is 5.02 Å². The molecular formula is C20H21ClN2O5. The molecule has 1 heterocycles. The maximum Gasteiger partial charge on any atom is 0.326 e. The number of hydrogen-bond acceptors (Lipinski definition) is 4. The third-order valence-corrected chi connectivity index (χ3v) is 3.98. The first-order valence-electron chi connectivity index (χ1n) is 8.62. The van der Waals surface area contributed by atoms with Gasteiger partial charge in [-0.1, -0.05) is 37.6 Å². The van der Waals surface area contributed by atoms with E-state index in [1.165, 1.54) is 18.4 Å². The summed E-state index contributed by atoms with van der Waals surface area (Å²) in [6, 6.07) is 8.51. The van der Waals surface area contributed by atoms with Crippen molar-refractivity contribution in [2.45, 2.75) is 26.3 Å². The molecule has 0 radical (unpaired) electrons. The number of aliphatic carboxylic acids is 1. The summed E-state index contributed by atoms with van der Waals surface area (Å²) in [4.78, 5) is 36.4. The molecule has 0 saturated heterocycles. The molecule has 0 bridgehead atoms. The number of amides is 2. The Kier molecular flexibility index (Phi) is 7.40. The molecule has 7 nitrogen and oxygen atoms in total. The van der Waals surface area contributed by atoms with Gasteiger partial charge in [-0.05, 0) is 48.2 Å². The molecule has 8 heteroatoms. The monoisotopic (exact) mass is 404 g/mol. The van der Waals surface area contributed by atoms with E-state index in [2.05, 4.69) is 10.6 Å². The molecule has 148 valence electrons. The number of carbonyl (C=O) groups excluding carboxylic acids is 2. The van der Waals surface area contributed by atoms with Crippen LogP contribution in [0.25, 0.3) is 6.08 Å². The van der Waals surface area contributed by atoms with Gasteiger partial charge in [-0.3, -0.25) is 9.59 Å². The van der Waals surface area contributed by atoms with E-state index in [1.807, 2.05) is 13.8 Å². The zero-order valence-corrected chi connectivity index (χ0v) is 16.2. The van der Waals surface area contributed by atoms with Crippen LogP contribution in [0.15, 0.2) is 52.8 Å². The first-order chi connectivity index (χ1) is 13.3. The van der Waals surface area contributed by atoms with Gasteiger partial charge >= 0.3 is 5.97 Å². The highest BCUT2D eigenvalue weighted by Gasteiger charge is 2.24. The van der Waals surface area contributed by atoms with Crippen molar-refractivity contribution in [1.82, 2.24) is 10.6 Å². The van der Waals surface area contributed by atoms with Crippen LogP contribution in [0.3, 0.4) is 0 Å². The molecular weight excluding hydrogens is 384 g/mol. The van der Waals surface area contributed by atoms with Gasteiger partial charge in [-0.2, -0.15) is 0 Å². The lowest BCUT2D eigenvalue weighted by atomic mass is 10.0. The zero-order valence-electron chi connectivity index (χ0n) is 15.4. The summed E-state index contributed by atoms with van der Waals surface area (Å²) in [6.45, 7) is 3.70. The number of carboxylic acids is 1. The van der Waals surface area contributed by atoms with Crippen LogP contribution in [-0.2, 0) is 9.59 Å². The Hall–Kier alpha value is -3.06. The first kappa shape index (κ1) is 21.2. The highest BCUT2D eigenvalue weighted by molar-refractivity contribution is 6.30. The van der Waals surface area contributed by atoms with Gasteiger partial charge in [-0.25, -0.2) is 4.79 Å². The molecule has 2 aromatic rings. The Morgan fingerprint density at radius 3 is 2.39 bits per heavy atom. The minimum absolute atomic E-state index is 0.0202. The van der Waals surface area contributed by atoms with Crippen LogP contribution in [0.5, 0.6) is 0 Å². The number of halogens is 1. The zero-order chi connectivity index (χ0) is 20.7. The molecule has 2 rings (SSSR count). The molecule has 0 spiro atoms. The Morgan fingerprint density at radius 2 is 1.86 bits per heavy atom. The van der Waals surface area contributed by atoms with E-state index in [-0.39, 0.29) is 23.8 Å². The number of carboxylic acid groups (broad SMARTS) is 1. The number of hydrogen-bond donors (Lipinski definition) is 3. The Labute approximate surface area is 167 Å². The normalized spacial score (nSPS) is 12.5. The minimum Gasteiger partial charge on any atom is -0.480 e. The molecule has 0 aliphatic carbocycles. The van der Waals surface area contributed by atoms with Gasteiger partial charge in [0.05, 0.1) is 6.26 Å². The molecule has 0 aliphatic rings. The lowest BCUT2D eigenvalue weighted by molar-refractivity contribution is -0.141. The predicted molar refractivity (Wildman–Crippen MR) is 105 cm³/mol. The number of benzene rings is 1. The average Bonchev–Trinajstić information content (AvgIpc) is 3.16. The SMILES string of the molecule is CC(C)C[C@@H](NC(=O)/C(=C/c1ccc(Cl)cc1)NC(=O)c1ccco1)C(=O)O. The summed E-state index contributed by atoms with van der Waals surface area (Å²) in [5.41, 5.74) is 0.490. The first-order valence-corrected chi connectivity index (χ1v) is 9.00. The van der Waals surface area contributed by atoms with Crippen LogP contribution in [0, 0.1) is 5.92 Å². The van der Waals surface area contributed by atoms with Crippen molar-refractivity contribution in [1.29, 1.82) is 0 Å². The predicted octanol–water partition coefficient (Wildman–Crippen LogP) is 3.32. The third kappa shape index (κ3) is 6.28. The maximum atomic E-state index is 12.7. The third-order valence-electron chi connectivity index (χ3n) is 3.73. The fourth-order valence-corrected chi connectivity index (χ4v) is 2.53. The van der Waals surface area contributed by atoms with Crippen LogP contribution >= 0.6 is 11.6 Å². The van der Waals surface area contributed by atoms with Gasteiger partial charge in [0.1, 0.15) is 11.7 Å². The quantitative estimate of drug-likeness (QED) is 0.585. The van der Waals surface area contributed by atoms with Gasteiger partial charge in [0.25, 0.3) is 11.8 Å². The smallest absolute Gasteiger partial charge is 0.326 e. The summed E-state index contributed by atoms with van der Waals surface area (Å²) in [5, 5.41) is 14.8. The second-order valence-corrected chi connectivity index (χ2v) is 6.97. The molecule has 0 saturated carbocycles. The molecule has 1 atom stereocenters. The van der Waals surface area contributed by atoms with Crippen molar-refractivity contribution in [3.05, 3.63) is 64.7 Å². The van der Waals surface area contributed by atoms with Crippen molar-refractivity contribution >= 4 is 35.5 Å².